The molecular formula is C18H25N3O2. The maximum Gasteiger partial charge on any atom is 0.310 e. The zero-order valence-electron chi connectivity index (χ0n) is 14.1. The van der Waals surface area contributed by atoms with Gasteiger partial charge in [-0.2, -0.15) is 5.10 Å². The number of ether oxygens (including phenoxy) is 1. The second kappa shape index (κ2) is 7.81. The van der Waals surface area contributed by atoms with Gasteiger partial charge in [-0.3, -0.25) is 9.48 Å². The van der Waals surface area contributed by atoms with Gasteiger partial charge >= 0.3 is 5.97 Å². The third kappa shape index (κ3) is 4.12. The SMILES string of the molecule is CCOC(=O)Cc1c(CC)nn(Cc2ccc(N)cc2)c1CC. The topological polar surface area (TPSA) is 70.1 Å². The van der Waals surface area contributed by atoms with Crippen molar-refractivity contribution in [1.82, 2.24) is 9.78 Å². The smallest absolute Gasteiger partial charge is 0.310 e. The van der Waals surface area contributed by atoms with E-state index in [4.69, 9.17) is 15.6 Å². The Labute approximate surface area is 137 Å². The molecule has 1 aromatic heterocycles. The van der Waals surface area contributed by atoms with Gasteiger partial charge in [0.25, 0.3) is 0 Å². The minimum absolute atomic E-state index is 0.191. The van der Waals surface area contributed by atoms with Gasteiger partial charge in [0, 0.05) is 16.9 Å². The monoisotopic (exact) mass is 315 g/mol. The van der Waals surface area contributed by atoms with Gasteiger partial charge in [-0.1, -0.05) is 26.0 Å². The van der Waals surface area contributed by atoms with Gasteiger partial charge in [-0.05, 0) is 37.5 Å². The van der Waals surface area contributed by atoms with Crippen molar-refractivity contribution in [1.29, 1.82) is 0 Å². The van der Waals surface area contributed by atoms with Gasteiger partial charge in [0.05, 0.1) is 25.3 Å². The van der Waals surface area contributed by atoms with Crippen molar-refractivity contribution in [3.63, 3.8) is 0 Å². The van der Waals surface area contributed by atoms with Gasteiger partial charge < -0.3 is 10.5 Å². The lowest BCUT2D eigenvalue weighted by molar-refractivity contribution is -0.142. The Bertz CT molecular complexity index is 660. The fraction of sp³-hybridized carbons (Fsp3) is 0.444. The molecule has 2 aromatic rings. The zero-order chi connectivity index (χ0) is 16.8. The fourth-order valence-corrected chi connectivity index (χ4v) is 2.76. The highest BCUT2D eigenvalue weighted by Crippen LogP contribution is 2.19. The number of nitrogen functional groups attached to an aromatic ring is 1. The molecular weight excluding hydrogens is 290 g/mol. The Kier molecular flexibility index (Phi) is 5.79. The summed E-state index contributed by atoms with van der Waals surface area (Å²) in [4.78, 5) is 11.9. The van der Waals surface area contributed by atoms with E-state index in [-0.39, 0.29) is 5.97 Å². The highest BCUT2D eigenvalue weighted by Gasteiger charge is 2.18. The third-order valence-electron chi connectivity index (χ3n) is 3.86. The van der Waals surface area contributed by atoms with Crippen molar-refractivity contribution >= 4 is 11.7 Å². The lowest BCUT2D eigenvalue weighted by atomic mass is 10.1. The number of aromatic nitrogens is 2. The molecule has 0 bridgehead atoms. The van der Waals surface area contributed by atoms with Crippen LogP contribution in [0.3, 0.4) is 0 Å². The number of nitrogens with zero attached hydrogens (tertiary/aromatic N) is 2. The van der Waals surface area contributed by atoms with Crippen LogP contribution in [0.15, 0.2) is 24.3 Å². The van der Waals surface area contributed by atoms with E-state index in [1.165, 1.54) is 0 Å². The first-order chi connectivity index (χ1) is 11.1. The molecule has 2 rings (SSSR count). The number of rotatable bonds is 7. The number of hydrogen-bond acceptors (Lipinski definition) is 4. The van der Waals surface area contributed by atoms with E-state index >= 15 is 0 Å². The van der Waals surface area contributed by atoms with Crippen LogP contribution >= 0.6 is 0 Å². The van der Waals surface area contributed by atoms with E-state index in [2.05, 4.69) is 13.8 Å². The summed E-state index contributed by atoms with van der Waals surface area (Å²) in [6.45, 7) is 7.05. The Hall–Kier alpha value is -2.30. The first-order valence-corrected chi connectivity index (χ1v) is 8.16. The molecule has 23 heavy (non-hydrogen) atoms. The van der Waals surface area contributed by atoms with Crippen LogP contribution in [0, 0.1) is 0 Å². The molecule has 0 fully saturated rings. The predicted octanol–water partition coefficient (Wildman–Crippen LogP) is 2.74. The first kappa shape index (κ1) is 17.1. The molecule has 124 valence electrons. The molecule has 0 aliphatic rings. The summed E-state index contributed by atoms with van der Waals surface area (Å²) in [5.41, 5.74) is 10.7. The highest BCUT2D eigenvalue weighted by molar-refractivity contribution is 5.73. The fourth-order valence-electron chi connectivity index (χ4n) is 2.76. The summed E-state index contributed by atoms with van der Waals surface area (Å²) in [5.74, 6) is -0.191. The molecule has 5 heteroatoms. The van der Waals surface area contributed by atoms with Gasteiger partial charge in [-0.15, -0.1) is 0 Å². The Morgan fingerprint density at radius 3 is 2.43 bits per heavy atom. The molecule has 5 nitrogen and oxygen atoms in total. The molecule has 0 aliphatic carbocycles. The van der Waals surface area contributed by atoms with Crippen LogP contribution in [0.2, 0.25) is 0 Å². The standard InChI is InChI=1S/C18H25N3O2/c1-4-16-15(11-18(22)23-6-3)17(5-2)21(20-16)12-13-7-9-14(19)10-8-13/h7-10H,4-6,11-12,19H2,1-3H3. The molecule has 0 saturated heterocycles. The van der Waals surface area contributed by atoms with Crippen molar-refractivity contribution in [3.8, 4) is 0 Å². The molecule has 0 saturated carbocycles. The maximum absolute atomic E-state index is 11.9. The minimum atomic E-state index is -0.191. The number of carbonyl (C=O) groups excluding carboxylic acids is 1. The summed E-state index contributed by atoms with van der Waals surface area (Å²) < 4.78 is 7.09. The summed E-state index contributed by atoms with van der Waals surface area (Å²) in [5, 5.41) is 4.71. The average molecular weight is 315 g/mol. The minimum Gasteiger partial charge on any atom is -0.466 e. The maximum atomic E-state index is 11.9. The molecule has 0 radical (unpaired) electrons. The van der Waals surface area contributed by atoms with Gasteiger partial charge in [0.1, 0.15) is 0 Å². The van der Waals surface area contributed by atoms with Crippen LogP contribution in [0.25, 0.3) is 0 Å². The predicted molar refractivity (Wildman–Crippen MR) is 91.3 cm³/mol. The second-order valence-electron chi connectivity index (χ2n) is 5.46. The zero-order valence-corrected chi connectivity index (χ0v) is 14.1. The molecule has 0 atom stereocenters. The average Bonchev–Trinajstić information content (AvgIpc) is 2.86. The highest BCUT2D eigenvalue weighted by atomic mass is 16.5. The summed E-state index contributed by atoms with van der Waals surface area (Å²) >= 11 is 0. The number of hydrogen-bond donors (Lipinski definition) is 1. The molecule has 0 unspecified atom stereocenters. The van der Waals surface area contributed by atoms with Crippen molar-refractivity contribution in [2.24, 2.45) is 0 Å². The molecule has 1 heterocycles. The summed E-state index contributed by atoms with van der Waals surface area (Å²) in [6.07, 6.45) is 1.93. The number of carbonyl (C=O) groups is 1. The van der Waals surface area contributed by atoms with E-state index in [1.807, 2.05) is 35.9 Å². The number of nitrogens with two attached hydrogens (primary N) is 1. The third-order valence-corrected chi connectivity index (χ3v) is 3.86. The Morgan fingerprint density at radius 2 is 1.87 bits per heavy atom. The normalized spacial score (nSPS) is 10.7. The van der Waals surface area contributed by atoms with E-state index in [9.17, 15) is 4.79 Å². The van der Waals surface area contributed by atoms with Crippen LogP contribution in [0.5, 0.6) is 0 Å². The van der Waals surface area contributed by atoms with Crippen molar-refractivity contribution in [2.75, 3.05) is 12.3 Å². The van der Waals surface area contributed by atoms with Crippen LogP contribution < -0.4 is 5.73 Å². The Morgan fingerprint density at radius 1 is 1.17 bits per heavy atom. The van der Waals surface area contributed by atoms with Crippen molar-refractivity contribution in [2.45, 2.75) is 46.6 Å². The van der Waals surface area contributed by atoms with Crippen LogP contribution in [0.4, 0.5) is 5.69 Å². The van der Waals surface area contributed by atoms with Crippen molar-refractivity contribution < 1.29 is 9.53 Å². The molecule has 0 spiro atoms. The number of aryl methyl sites for hydroxylation is 1. The first-order valence-electron chi connectivity index (χ1n) is 8.16. The largest absolute Gasteiger partial charge is 0.466 e. The number of benzene rings is 1. The number of esters is 1. The molecule has 0 amide bonds. The van der Waals surface area contributed by atoms with Crippen LogP contribution in [-0.2, 0) is 35.3 Å². The van der Waals surface area contributed by atoms with E-state index in [1.54, 1.807) is 0 Å². The van der Waals surface area contributed by atoms with Gasteiger partial charge in [0.15, 0.2) is 0 Å². The van der Waals surface area contributed by atoms with E-state index < -0.39 is 0 Å². The van der Waals surface area contributed by atoms with Crippen molar-refractivity contribution in [3.05, 3.63) is 46.8 Å². The van der Waals surface area contributed by atoms with Crippen LogP contribution in [0.1, 0.15) is 43.3 Å². The van der Waals surface area contributed by atoms with E-state index in [0.29, 0.717) is 19.6 Å². The quantitative estimate of drug-likeness (QED) is 0.630. The Balaban J connectivity index is 2.30. The molecule has 1 aromatic carbocycles. The van der Waals surface area contributed by atoms with E-state index in [0.717, 1.165) is 41.0 Å². The second-order valence-corrected chi connectivity index (χ2v) is 5.46. The summed E-state index contributed by atoms with van der Waals surface area (Å²) in [7, 11) is 0. The van der Waals surface area contributed by atoms with Gasteiger partial charge in [-0.25, -0.2) is 0 Å². The number of anilines is 1. The lowest BCUT2D eigenvalue weighted by Gasteiger charge is -2.08. The summed E-state index contributed by atoms with van der Waals surface area (Å²) in [6, 6.07) is 7.80. The van der Waals surface area contributed by atoms with Gasteiger partial charge in [0.2, 0.25) is 0 Å². The molecule has 0 aliphatic heterocycles. The van der Waals surface area contributed by atoms with Crippen LogP contribution in [-0.4, -0.2) is 22.4 Å². The molecule has 2 N–H and O–H groups in total. The lowest BCUT2D eigenvalue weighted by Crippen LogP contribution is -2.11.